The third-order valence-corrected chi connectivity index (χ3v) is 3.56. The van der Waals surface area contributed by atoms with Crippen molar-refractivity contribution in [1.29, 1.82) is 0 Å². The van der Waals surface area contributed by atoms with Crippen molar-refractivity contribution in [2.75, 3.05) is 31.7 Å². The lowest BCUT2D eigenvalue weighted by Crippen LogP contribution is -2.37. The predicted octanol–water partition coefficient (Wildman–Crippen LogP) is 3.36. The highest BCUT2D eigenvalue weighted by Gasteiger charge is 2.21. The molecule has 0 fully saturated rings. The van der Waals surface area contributed by atoms with Crippen LogP contribution in [0, 0.1) is 5.82 Å². The summed E-state index contributed by atoms with van der Waals surface area (Å²) >= 11 is 0. The molecule has 0 saturated carbocycles. The van der Waals surface area contributed by atoms with E-state index in [1.54, 1.807) is 13.2 Å². The number of nitrogens with zero attached hydrogens (tertiary/aromatic N) is 1. The van der Waals surface area contributed by atoms with Gasteiger partial charge >= 0.3 is 0 Å². The quantitative estimate of drug-likeness (QED) is 0.791. The van der Waals surface area contributed by atoms with Gasteiger partial charge in [0.15, 0.2) is 0 Å². The van der Waals surface area contributed by atoms with Gasteiger partial charge < -0.3 is 15.0 Å². The van der Waals surface area contributed by atoms with Gasteiger partial charge in [-0.3, -0.25) is 0 Å². The molecule has 3 nitrogen and oxygen atoms in total. The van der Waals surface area contributed by atoms with Crippen LogP contribution in [0.4, 0.5) is 10.1 Å². The summed E-state index contributed by atoms with van der Waals surface area (Å²) in [5.41, 5.74) is 1.68. The van der Waals surface area contributed by atoms with Gasteiger partial charge in [0.05, 0.1) is 6.61 Å². The Hall–Kier alpha value is -1.13. The summed E-state index contributed by atoms with van der Waals surface area (Å²) in [6.07, 6.45) is 0. The Kier molecular flexibility index (Phi) is 6.96. The number of nitrogens with one attached hydrogen (secondary N) is 1. The summed E-state index contributed by atoms with van der Waals surface area (Å²) in [5, 5.41) is 3.29. The van der Waals surface area contributed by atoms with Crippen molar-refractivity contribution in [2.45, 2.75) is 39.8 Å². The zero-order chi connectivity index (χ0) is 15.1. The van der Waals surface area contributed by atoms with Crippen LogP contribution < -0.4 is 10.2 Å². The van der Waals surface area contributed by atoms with Crippen LogP contribution in [0.2, 0.25) is 0 Å². The Morgan fingerprint density at radius 2 is 2.00 bits per heavy atom. The van der Waals surface area contributed by atoms with Gasteiger partial charge in [-0.25, -0.2) is 4.39 Å². The highest BCUT2D eigenvalue weighted by molar-refractivity contribution is 5.56. The van der Waals surface area contributed by atoms with E-state index in [2.05, 4.69) is 24.1 Å². The number of anilines is 1. The fourth-order valence-electron chi connectivity index (χ4n) is 2.66. The number of likely N-dealkylation sites (N-methyl/N-ethyl adjacent to an activating group) is 1. The van der Waals surface area contributed by atoms with Gasteiger partial charge in [-0.2, -0.15) is 0 Å². The maximum absolute atomic E-state index is 14.3. The molecule has 2 unspecified atom stereocenters. The van der Waals surface area contributed by atoms with Gasteiger partial charge in [-0.15, -0.1) is 0 Å². The molecule has 0 saturated heterocycles. The van der Waals surface area contributed by atoms with Crippen LogP contribution in [-0.4, -0.2) is 32.8 Å². The van der Waals surface area contributed by atoms with Crippen LogP contribution in [0.5, 0.6) is 0 Å². The largest absolute Gasteiger partial charge is 0.383 e. The topological polar surface area (TPSA) is 24.5 Å². The van der Waals surface area contributed by atoms with Crippen LogP contribution >= 0.6 is 0 Å². The Labute approximate surface area is 122 Å². The zero-order valence-electron chi connectivity index (χ0n) is 13.2. The maximum Gasteiger partial charge on any atom is 0.130 e. The van der Waals surface area contributed by atoms with Gasteiger partial charge in [0, 0.05) is 37.0 Å². The standard InChI is InChI=1S/C16H27FN2O/c1-6-18-13(4)16-14(17)9-8-10-15(16)19(7-2)12(3)11-20-5/h8-10,12-13,18H,6-7,11H2,1-5H3. The predicted molar refractivity (Wildman–Crippen MR) is 82.8 cm³/mol. The molecule has 0 aromatic heterocycles. The third-order valence-electron chi connectivity index (χ3n) is 3.56. The summed E-state index contributed by atoms with van der Waals surface area (Å²) < 4.78 is 19.5. The highest BCUT2D eigenvalue weighted by atomic mass is 19.1. The van der Waals surface area contributed by atoms with Crippen molar-refractivity contribution in [2.24, 2.45) is 0 Å². The molecule has 1 rings (SSSR count). The van der Waals surface area contributed by atoms with Crippen LogP contribution in [0.25, 0.3) is 0 Å². The number of rotatable bonds is 8. The van der Waals surface area contributed by atoms with E-state index in [4.69, 9.17) is 4.74 Å². The molecule has 0 amide bonds. The maximum atomic E-state index is 14.3. The van der Waals surface area contributed by atoms with Gasteiger partial charge in [-0.05, 0) is 39.4 Å². The molecule has 114 valence electrons. The number of methoxy groups -OCH3 is 1. The van der Waals surface area contributed by atoms with Crippen LogP contribution in [0.15, 0.2) is 18.2 Å². The Morgan fingerprint density at radius 3 is 2.55 bits per heavy atom. The third kappa shape index (κ3) is 3.93. The van der Waals surface area contributed by atoms with Gasteiger partial charge in [0.25, 0.3) is 0 Å². The summed E-state index contributed by atoms with van der Waals surface area (Å²) in [4.78, 5) is 2.19. The minimum Gasteiger partial charge on any atom is -0.383 e. The molecule has 20 heavy (non-hydrogen) atoms. The molecular formula is C16H27FN2O. The van der Waals surface area contributed by atoms with Crippen LogP contribution in [0.3, 0.4) is 0 Å². The van der Waals surface area contributed by atoms with E-state index in [-0.39, 0.29) is 17.9 Å². The average molecular weight is 282 g/mol. The normalized spacial score (nSPS) is 14.1. The first kappa shape index (κ1) is 16.9. The Morgan fingerprint density at radius 1 is 1.30 bits per heavy atom. The monoisotopic (exact) mass is 282 g/mol. The molecule has 1 aromatic rings. The van der Waals surface area contributed by atoms with E-state index in [9.17, 15) is 4.39 Å². The first-order chi connectivity index (χ1) is 9.56. The Balaban J connectivity index is 3.17. The molecule has 0 aliphatic heterocycles. The fourth-order valence-corrected chi connectivity index (χ4v) is 2.66. The summed E-state index contributed by atoms with van der Waals surface area (Å²) in [6, 6.07) is 5.48. The lowest BCUT2D eigenvalue weighted by atomic mass is 10.0. The van der Waals surface area contributed by atoms with E-state index in [1.165, 1.54) is 6.07 Å². The van der Waals surface area contributed by atoms with Crippen LogP contribution in [0.1, 0.15) is 39.3 Å². The van der Waals surface area contributed by atoms with Crippen molar-refractivity contribution >= 4 is 5.69 Å². The number of benzene rings is 1. The van der Waals surface area contributed by atoms with Gasteiger partial charge in [0.2, 0.25) is 0 Å². The van der Waals surface area contributed by atoms with Crippen molar-refractivity contribution in [3.8, 4) is 0 Å². The van der Waals surface area contributed by atoms with Crippen LogP contribution in [-0.2, 0) is 4.74 Å². The molecule has 0 aliphatic carbocycles. The SMILES string of the molecule is CCNC(C)c1c(F)cccc1N(CC)C(C)COC. The molecule has 4 heteroatoms. The van der Waals surface area contributed by atoms with E-state index in [0.717, 1.165) is 24.3 Å². The summed E-state index contributed by atoms with van der Waals surface area (Å²) in [7, 11) is 1.69. The van der Waals surface area contributed by atoms with Gasteiger partial charge in [0.1, 0.15) is 5.82 Å². The van der Waals surface area contributed by atoms with Crippen molar-refractivity contribution in [3.05, 3.63) is 29.6 Å². The second-order valence-electron chi connectivity index (χ2n) is 5.04. The molecule has 2 atom stereocenters. The van der Waals surface area contributed by atoms with E-state index < -0.39 is 0 Å². The van der Waals surface area contributed by atoms with Crippen molar-refractivity contribution < 1.29 is 9.13 Å². The van der Waals surface area contributed by atoms with E-state index >= 15 is 0 Å². The summed E-state index contributed by atoms with van der Waals surface area (Å²) in [6.45, 7) is 10.5. The molecule has 0 bridgehead atoms. The lowest BCUT2D eigenvalue weighted by Gasteiger charge is -2.33. The molecule has 0 spiro atoms. The smallest absolute Gasteiger partial charge is 0.130 e. The zero-order valence-corrected chi connectivity index (χ0v) is 13.2. The second-order valence-corrected chi connectivity index (χ2v) is 5.04. The molecule has 0 heterocycles. The van der Waals surface area contributed by atoms with Gasteiger partial charge in [-0.1, -0.05) is 13.0 Å². The molecular weight excluding hydrogens is 255 g/mol. The lowest BCUT2D eigenvalue weighted by molar-refractivity contribution is 0.182. The number of hydrogen-bond acceptors (Lipinski definition) is 3. The minimum atomic E-state index is -0.154. The number of ether oxygens (including phenoxy) is 1. The Bertz CT molecular complexity index is 411. The number of halogens is 1. The van der Waals surface area contributed by atoms with Crippen molar-refractivity contribution in [1.82, 2.24) is 5.32 Å². The molecule has 1 N–H and O–H groups in total. The summed E-state index contributed by atoms with van der Waals surface area (Å²) in [5.74, 6) is -0.154. The average Bonchev–Trinajstić information content (AvgIpc) is 2.40. The molecule has 0 aliphatic rings. The van der Waals surface area contributed by atoms with Crippen molar-refractivity contribution in [3.63, 3.8) is 0 Å². The van der Waals surface area contributed by atoms with E-state index in [1.807, 2.05) is 19.9 Å². The first-order valence-electron chi connectivity index (χ1n) is 7.34. The minimum absolute atomic E-state index is 0.0139. The highest BCUT2D eigenvalue weighted by Crippen LogP contribution is 2.30. The second kappa shape index (κ2) is 8.22. The van der Waals surface area contributed by atoms with E-state index in [0.29, 0.717) is 6.61 Å². The number of hydrogen-bond donors (Lipinski definition) is 1. The first-order valence-corrected chi connectivity index (χ1v) is 7.34. The molecule has 1 aromatic carbocycles. The molecule has 0 radical (unpaired) electrons. The fraction of sp³-hybridized carbons (Fsp3) is 0.625.